The highest BCUT2D eigenvalue weighted by Gasteiger charge is 2.32. The summed E-state index contributed by atoms with van der Waals surface area (Å²) in [5.41, 5.74) is 0. The lowest BCUT2D eigenvalue weighted by Gasteiger charge is -2.32. The van der Waals surface area contributed by atoms with Gasteiger partial charge in [0.25, 0.3) is 5.91 Å². The van der Waals surface area contributed by atoms with E-state index in [0.29, 0.717) is 39.1 Å². The number of hydrogen-bond acceptors (Lipinski definition) is 6. The van der Waals surface area contributed by atoms with E-state index in [1.807, 2.05) is 11.8 Å². The zero-order chi connectivity index (χ0) is 16.9. The molecule has 0 saturated carbocycles. The molecule has 3 heterocycles. The summed E-state index contributed by atoms with van der Waals surface area (Å²) in [6.07, 6.45) is 3.80. The molecule has 1 aromatic rings. The molecule has 1 atom stereocenters. The van der Waals surface area contributed by atoms with Crippen molar-refractivity contribution in [1.29, 1.82) is 0 Å². The smallest absolute Gasteiger partial charge is 0.251 e. The molecule has 3 rings (SSSR count). The first-order valence-corrected chi connectivity index (χ1v) is 9.48. The van der Waals surface area contributed by atoms with E-state index in [1.54, 1.807) is 0 Å². The molecule has 24 heavy (non-hydrogen) atoms. The van der Waals surface area contributed by atoms with E-state index < -0.39 is 0 Å². The summed E-state index contributed by atoms with van der Waals surface area (Å²) in [5.74, 6) is 0.108. The van der Waals surface area contributed by atoms with Crippen molar-refractivity contribution in [1.82, 2.24) is 20.4 Å². The number of nitrogens with zero attached hydrogens (tertiary/aromatic N) is 3. The molecule has 132 valence electrons. The number of carbonyl (C=O) groups is 2. The van der Waals surface area contributed by atoms with Gasteiger partial charge in [-0.25, -0.2) is 0 Å². The number of piperidine rings is 1. The van der Waals surface area contributed by atoms with Crippen molar-refractivity contribution >= 4 is 23.2 Å². The summed E-state index contributed by atoms with van der Waals surface area (Å²) < 4.78 is 5.46. The standard InChI is InChI=1S/C16H24N4O3S/c1-2-13-18-19-14(24-13)10-17-15(21)11-5-7-20(8-6-11)16(22)12-4-3-9-23-12/h11-12H,2-10H2,1H3,(H,17,21). The molecule has 7 nitrogen and oxygen atoms in total. The minimum Gasteiger partial charge on any atom is -0.368 e. The van der Waals surface area contributed by atoms with Crippen LogP contribution in [-0.2, 0) is 27.3 Å². The second kappa shape index (κ2) is 8.02. The fraction of sp³-hybridized carbons (Fsp3) is 0.750. The summed E-state index contributed by atoms with van der Waals surface area (Å²) in [5, 5.41) is 12.9. The van der Waals surface area contributed by atoms with Crippen molar-refractivity contribution in [2.45, 2.75) is 51.7 Å². The lowest BCUT2D eigenvalue weighted by Crippen LogP contribution is -2.46. The predicted molar refractivity (Wildman–Crippen MR) is 89.4 cm³/mol. The van der Waals surface area contributed by atoms with Gasteiger partial charge in [0.15, 0.2) is 0 Å². The van der Waals surface area contributed by atoms with E-state index in [2.05, 4.69) is 15.5 Å². The Balaban J connectivity index is 1.42. The van der Waals surface area contributed by atoms with E-state index >= 15 is 0 Å². The van der Waals surface area contributed by atoms with Crippen LogP contribution in [0, 0.1) is 5.92 Å². The molecule has 0 bridgehead atoms. The molecule has 2 amide bonds. The zero-order valence-corrected chi connectivity index (χ0v) is 14.8. The van der Waals surface area contributed by atoms with Gasteiger partial charge in [-0.15, -0.1) is 10.2 Å². The zero-order valence-electron chi connectivity index (χ0n) is 14.0. The second-order valence-corrected chi connectivity index (χ2v) is 7.41. The van der Waals surface area contributed by atoms with Gasteiger partial charge in [-0.2, -0.15) is 0 Å². The van der Waals surface area contributed by atoms with Gasteiger partial charge in [0.1, 0.15) is 16.1 Å². The Labute approximate surface area is 145 Å². The third kappa shape index (κ3) is 4.10. The van der Waals surface area contributed by atoms with Crippen LogP contribution < -0.4 is 5.32 Å². The van der Waals surface area contributed by atoms with Gasteiger partial charge in [-0.1, -0.05) is 18.3 Å². The van der Waals surface area contributed by atoms with E-state index in [1.165, 1.54) is 11.3 Å². The predicted octanol–water partition coefficient (Wildman–Crippen LogP) is 1.13. The van der Waals surface area contributed by atoms with Crippen LogP contribution in [0.15, 0.2) is 0 Å². The molecule has 0 radical (unpaired) electrons. The Morgan fingerprint density at radius 1 is 1.25 bits per heavy atom. The molecule has 0 spiro atoms. The molecule has 0 aliphatic carbocycles. The minimum absolute atomic E-state index is 0.0305. The summed E-state index contributed by atoms with van der Waals surface area (Å²) in [6.45, 7) is 4.42. The first-order chi connectivity index (χ1) is 11.7. The van der Waals surface area contributed by atoms with Crippen molar-refractivity contribution < 1.29 is 14.3 Å². The number of nitrogens with one attached hydrogen (secondary N) is 1. The van der Waals surface area contributed by atoms with Crippen molar-refractivity contribution in [3.05, 3.63) is 10.0 Å². The number of rotatable bonds is 5. The van der Waals surface area contributed by atoms with Gasteiger partial charge in [-0.3, -0.25) is 9.59 Å². The maximum atomic E-state index is 12.3. The first kappa shape index (κ1) is 17.3. The van der Waals surface area contributed by atoms with Crippen LogP contribution in [0.4, 0.5) is 0 Å². The molecular weight excluding hydrogens is 328 g/mol. The number of likely N-dealkylation sites (tertiary alicyclic amines) is 1. The average molecular weight is 352 g/mol. The highest BCUT2D eigenvalue weighted by Crippen LogP contribution is 2.21. The van der Waals surface area contributed by atoms with Crippen LogP contribution in [0.2, 0.25) is 0 Å². The highest BCUT2D eigenvalue weighted by molar-refractivity contribution is 7.11. The molecule has 2 fully saturated rings. The minimum atomic E-state index is -0.263. The Morgan fingerprint density at radius 2 is 2.00 bits per heavy atom. The summed E-state index contributed by atoms with van der Waals surface area (Å²) in [4.78, 5) is 26.4. The molecule has 1 N–H and O–H groups in total. The molecule has 8 heteroatoms. The quantitative estimate of drug-likeness (QED) is 0.859. The topological polar surface area (TPSA) is 84.4 Å². The van der Waals surface area contributed by atoms with Crippen molar-refractivity contribution in [3.63, 3.8) is 0 Å². The van der Waals surface area contributed by atoms with Crippen LogP contribution in [0.1, 0.15) is 42.6 Å². The first-order valence-electron chi connectivity index (χ1n) is 8.66. The van der Waals surface area contributed by atoms with Gasteiger partial charge in [0, 0.05) is 25.6 Å². The molecule has 0 aromatic carbocycles. The normalized spacial score (nSPS) is 21.9. The Morgan fingerprint density at radius 3 is 2.62 bits per heavy atom. The highest BCUT2D eigenvalue weighted by atomic mass is 32.1. The Kier molecular flexibility index (Phi) is 5.78. The fourth-order valence-electron chi connectivity index (χ4n) is 3.15. The average Bonchev–Trinajstić information content (AvgIpc) is 3.30. The number of aryl methyl sites for hydroxylation is 1. The summed E-state index contributed by atoms with van der Waals surface area (Å²) in [7, 11) is 0. The van der Waals surface area contributed by atoms with Gasteiger partial charge in [0.2, 0.25) is 5.91 Å². The number of hydrogen-bond donors (Lipinski definition) is 1. The summed E-state index contributed by atoms with van der Waals surface area (Å²) >= 11 is 1.54. The number of amides is 2. The molecule has 1 unspecified atom stereocenters. The molecule has 2 saturated heterocycles. The van der Waals surface area contributed by atoms with Crippen LogP contribution in [0.3, 0.4) is 0 Å². The number of aromatic nitrogens is 2. The van der Waals surface area contributed by atoms with E-state index in [4.69, 9.17) is 4.74 Å². The SMILES string of the molecule is CCc1nnc(CNC(=O)C2CCN(C(=O)C3CCCO3)CC2)s1. The van der Waals surface area contributed by atoms with Crippen molar-refractivity contribution in [3.8, 4) is 0 Å². The van der Waals surface area contributed by atoms with Crippen LogP contribution >= 0.6 is 11.3 Å². The van der Waals surface area contributed by atoms with Crippen molar-refractivity contribution in [2.75, 3.05) is 19.7 Å². The van der Waals surface area contributed by atoms with E-state index in [9.17, 15) is 9.59 Å². The van der Waals surface area contributed by atoms with Crippen LogP contribution in [0.25, 0.3) is 0 Å². The van der Waals surface area contributed by atoms with E-state index in [-0.39, 0.29) is 23.8 Å². The van der Waals surface area contributed by atoms with E-state index in [0.717, 1.165) is 29.3 Å². The lowest BCUT2D eigenvalue weighted by atomic mass is 9.95. The summed E-state index contributed by atoms with van der Waals surface area (Å²) in [6, 6.07) is 0. The Hall–Kier alpha value is -1.54. The molecule has 2 aliphatic rings. The van der Waals surface area contributed by atoms with Gasteiger partial charge >= 0.3 is 0 Å². The third-order valence-electron chi connectivity index (χ3n) is 4.61. The van der Waals surface area contributed by atoms with Gasteiger partial charge < -0.3 is 15.0 Å². The molecule has 2 aliphatic heterocycles. The fourth-order valence-corrected chi connectivity index (χ4v) is 3.87. The van der Waals surface area contributed by atoms with Gasteiger partial charge in [-0.05, 0) is 32.1 Å². The maximum Gasteiger partial charge on any atom is 0.251 e. The van der Waals surface area contributed by atoms with Crippen LogP contribution in [-0.4, -0.2) is 52.7 Å². The Bertz CT molecular complexity index is 578. The molecule has 1 aromatic heterocycles. The number of ether oxygens (including phenoxy) is 1. The van der Waals surface area contributed by atoms with Crippen molar-refractivity contribution in [2.24, 2.45) is 5.92 Å². The number of carbonyl (C=O) groups excluding carboxylic acids is 2. The lowest BCUT2D eigenvalue weighted by molar-refractivity contribution is -0.143. The second-order valence-electron chi connectivity index (χ2n) is 6.26. The monoisotopic (exact) mass is 352 g/mol. The third-order valence-corrected chi connectivity index (χ3v) is 5.68. The maximum absolute atomic E-state index is 12.3. The van der Waals surface area contributed by atoms with Crippen LogP contribution in [0.5, 0.6) is 0 Å². The largest absolute Gasteiger partial charge is 0.368 e. The molecular formula is C16H24N4O3S. The van der Waals surface area contributed by atoms with Gasteiger partial charge in [0.05, 0.1) is 6.54 Å².